The Kier molecular flexibility index (Phi) is 18.8. The average molecular weight is 381 g/mol. The van der Waals surface area contributed by atoms with Crippen LogP contribution in [0.4, 0.5) is 4.39 Å². The number of hydrogen-bond donors (Lipinski definition) is 0. The molecule has 0 atom stereocenters. The molecule has 0 saturated carbocycles. The highest BCUT2D eigenvalue weighted by Crippen LogP contribution is 2.15. The SMILES string of the molecule is CCO[Si](OCC)(OCC)OCCCCCCCCCCCCCF. The molecule has 0 aromatic heterocycles. The van der Waals surface area contributed by atoms with Gasteiger partial charge in [0.25, 0.3) is 0 Å². The first kappa shape index (κ1) is 25.0. The summed E-state index contributed by atoms with van der Waals surface area (Å²) in [6, 6.07) is 0. The van der Waals surface area contributed by atoms with Gasteiger partial charge in [0, 0.05) is 26.4 Å². The Hall–Kier alpha value is -0.0131. The van der Waals surface area contributed by atoms with Gasteiger partial charge in [-0.1, -0.05) is 57.8 Å². The first-order chi connectivity index (χ1) is 12.2. The fourth-order valence-corrected chi connectivity index (χ4v) is 4.72. The van der Waals surface area contributed by atoms with Gasteiger partial charge in [0.15, 0.2) is 0 Å². The molecule has 0 aliphatic heterocycles. The normalized spacial score (nSPS) is 12.0. The minimum absolute atomic E-state index is 0.160. The maximum atomic E-state index is 11.9. The second-order valence-corrected chi connectivity index (χ2v) is 8.38. The molecule has 0 radical (unpaired) electrons. The molecule has 152 valence electrons. The van der Waals surface area contributed by atoms with Gasteiger partial charge < -0.3 is 17.7 Å². The van der Waals surface area contributed by atoms with E-state index in [-0.39, 0.29) is 6.67 Å². The summed E-state index contributed by atoms with van der Waals surface area (Å²) < 4.78 is 34.8. The number of halogens is 1. The lowest BCUT2D eigenvalue weighted by Gasteiger charge is -2.26. The van der Waals surface area contributed by atoms with Crippen molar-refractivity contribution in [1.29, 1.82) is 0 Å². The highest BCUT2D eigenvalue weighted by atomic mass is 28.4. The molecule has 0 bridgehead atoms. The zero-order valence-electron chi connectivity index (χ0n) is 16.8. The molecule has 0 aromatic carbocycles. The predicted octanol–water partition coefficient (Wildman–Crippen LogP) is 5.81. The molecule has 0 aromatic rings. The van der Waals surface area contributed by atoms with Gasteiger partial charge in [-0.2, -0.15) is 0 Å². The summed E-state index contributed by atoms with van der Waals surface area (Å²) in [6.07, 6.45) is 12.9. The molecule has 0 N–H and O–H groups in total. The number of alkyl halides is 1. The van der Waals surface area contributed by atoms with Crippen molar-refractivity contribution in [3.63, 3.8) is 0 Å². The molecule has 25 heavy (non-hydrogen) atoms. The Morgan fingerprint density at radius 1 is 0.520 bits per heavy atom. The molecule has 0 aliphatic carbocycles. The van der Waals surface area contributed by atoms with Crippen LogP contribution in [0, 0.1) is 0 Å². The van der Waals surface area contributed by atoms with E-state index in [0.29, 0.717) is 26.4 Å². The van der Waals surface area contributed by atoms with Crippen molar-refractivity contribution in [2.45, 2.75) is 91.4 Å². The third-order valence-corrected chi connectivity index (χ3v) is 6.50. The van der Waals surface area contributed by atoms with Gasteiger partial charge in [-0.3, -0.25) is 4.39 Å². The summed E-state index contributed by atoms with van der Waals surface area (Å²) in [5.41, 5.74) is 0. The maximum absolute atomic E-state index is 11.9. The van der Waals surface area contributed by atoms with Crippen molar-refractivity contribution in [2.75, 3.05) is 33.1 Å². The van der Waals surface area contributed by atoms with E-state index >= 15 is 0 Å². The lowest BCUT2D eigenvalue weighted by atomic mass is 10.1. The molecular weight excluding hydrogens is 339 g/mol. The summed E-state index contributed by atoms with van der Waals surface area (Å²) in [6.45, 7) is 7.91. The maximum Gasteiger partial charge on any atom is 0.679 e. The monoisotopic (exact) mass is 380 g/mol. The van der Waals surface area contributed by atoms with E-state index in [2.05, 4.69) is 0 Å². The van der Waals surface area contributed by atoms with Crippen LogP contribution in [0.2, 0.25) is 0 Å². The third-order valence-electron chi connectivity index (χ3n) is 4.02. The Balaban J connectivity index is 3.56. The van der Waals surface area contributed by atoms with Crippen molar-refractivity contribution in [3.05, 3.63) is 0 Å². The summed E-state index contributed by atoms with van der Waals surface area (Å²) in [7, 11) is -2.92. The topological polar surface area (TPSA) is 36.9 Å². The Bertz CT molecular complexity index is 253. The van der Waals surface area contributed by atoms with E-state index in [9.17, 15) is 4.39 Å². The number of hydrogen-bond acceptors (Lipinski definition) is 4. The molecule has 0 unspecified atom stereocenters. The van der Waals surface area contributed by atoms with Crippen LogP contribution in [0.15, 0.2) is 0 Å². The predicted molar refractivity (Wildman–Crippen MR) is 103 cm³/mol. The zero-order chi connectivity index (χ0) is 18.6. The standard InChI is InChI=1S/C19H41FO4Si/c1-4-21-25(22-5-2,23-6-3)24-19-17-15-13-11-9-7-8-10-12-14-16-18-20/h4-19H2,1-3H3. The number of rotatable bonds is 20. The van der Waals surface area contributed by atoms with Gasteiger partial charge in [0.1, 0.15) is 0 Å². The first-order valence-corrected chi connectivity index (χ1v) is 12.0. The molecule has 0 heterocycles. The lowest BCUT2D eigenvalue weighted by molar-refractivity contribution is -0.0280. The second kappa shape index (κ2) is 18.8. The van der Waals surface area contributed by atoms with Crippen LogP contribution in [0.25, 0.3) is 0 Å². The molecule has 0 saturated heterocycles. The van der Waals surface area contributed by atoms with Gasteiger partial charge in [-0.25, -0.2) is 0 Å². The van der Waals surface area contributed by atoms with E-state index in [0.717, 1.165) is 19.3 Å². The van der Waals surface area contributed by atoms with Gasteiger partial charge >= 0.3 is 9.05 Å². The summed E-state index contributed by atoms with van der Waals surface area (Å²) in [4.78, 5) is 0. The van der Waals surface area contributed by atoms with Crippen molar-refractivity contribution < 1.29 is 22.1 Å². The molecule has 0 fully saturated rings. The molecule has 0 aliphatic rings. The average Bonchev–Trinajstić information content (AvgIpc) is 2.60. The van der Waals surface area contributed by atoms with Gasteiger partial charge in [0.05, 0.1) is 6.67 Å². The fraction of sp³-hybridized carbons (Fsp3) is 1.00. The highest BCUT2D eigenvalue weighted by Gasteiger charge is 2.44. The first-order valence-electron chi connectivity index (χ1n) is 10.4. The van der Waals surface area contributed by atoms with Crippen LogP contribution in [-0.2, 0) is 17.7 Å². The van der Waals surface area contributed by atoms with Crippen LogP contribution < -0.4 is 0 Å². The minimum Gasteiger partial charge on any atom is -0.351 e. The quantitative estimate of drug-likeness (QED) is 0.197. The summed E-state index contributed by atoms with van der Waals surface area (Å²) in [5.74, 6) is 0. The van der Waals surface area contributed by atoms with Crippen LogP contribution in [0.3, 0.4) is 0 Å². The molecule has 0 amide bonds. The number of unbranched alkanes of at least 4 members (excludes halogenated alkanes) is 10. The molecule has 4 nitrogen and oxygen atoms in total. The molecule has 0 rings (SSSR count). The smallest absolute Gasteiger partial charge is 0.351 e. The Labute approximate surface area is 156 Å². The van der Waals surface area contributed by atoms with E-state index in [1.54, 1.807) is 0 Å². The molecule has 0 spiro atoms. The lowest BCUT2D eigenvalue weighted by Crippen LogP contribution is -2.49. The van der Waals surface area contributed by atoms with Crippen molar-refractivity contribution >= 4 is 9.05 Å². The summed E-state index contributed by atoms with van der Waals surface area (Å²) in [5, 5.41) is 0. The molecular formula is C19H41FO4Si. The van der Waals surface area contributed by atoms with Crippen molar-refractivity contribution in [3.8, 4) is 0 Å². The van der Waals surface area contributed by atoms with Crippen molar-refractivity contribution in [2.24, 2.45) is 0 Å². The fourth-order valence-electron chi connectivity index (χ4n) is 2.77. The second-order valence-electron chi connectivity index (χ2n) is 6.23. The zero-order valence-corrected chi connectivity index (χ0v) is 17.8. The van der Waals surface area contributed by atoms with Crippen LogP contribution in [0.5, 0.6) is 0 Å². The van der Waals surface area contributed by atoms with E-state index in [1.807, 2.05) is 20.8 Å². The third kappa shape index (κ3) is 14.8. The van der Waals surface area contributed by atoms with Gasteiger partial charge in [-0.15, -0.1) is 0 Å². The van der Waals surface area contributed by atoms with Crippen molar-refractivity contribution in [1.82, 2.24) is 0 Å². The van der Waals surface area contributed by atoms with Gasteiger partial charge in [0.2, 0.25) is 0 Å². The van der Waals surface area contributed by atoms with Crippen LogP contribution in [0.1, 0.15) is 91.4 Å². The Morgan fingerprint density at radius 2 is 0.880 bits per heavy atom. The Morgan fingerprint density at radius 3 is 1.24 bits per heavy atom. The van der Waals surface area contributed by atoms with Gasteiger partial charge in [-0.05, 0) is 33.6 Å². The largest absolute Gasteiger partial charge is 0.679 e. The van der Waals surface area contributed by atoms with E-state index < -0.39 is 9.05 Å². The highest BCUT2D eigenvalue weighted by molar-refractivity contribution is 6.53. The summed E-state index contributed by atoms with van der Waals surface area (Å²) >= 11 is 0. The van der Waals surface area contributed by atoms with Crippen LogP contribution in [-0.4, -0.2) is 42.2 Å². The van der Waals surface area contributed by atoms with E-state index in [4.69, 9.17) is 17.7 Å². The van der Waals surface area contributed by atoms with E-state index in [1.165, 1.54) is 51.4 Å². The van der Waals surface area contributed by atoms with Crippen LogP contribution >= 0.6 is 0 Å². The minimum atomic E-state index is -2.92. The molecule has 6 heteroatoms.